The van der Waals surface area contributed by atoms with Crippen LogP contribution in [0.15, 0.2) is 74.1 Å². The summed E-state index contributed by atoms with van der Waals surface area (Å²) in [6.45, 7) is 4.30. The molecule has 5 atom stereocenters. The number of hydrogen-bond acceptors (Lipinski definition) is 13. The van der Waals surface area contributed by atoms with Gasteiger partial charge < -0.3 is 44.7 Å². The van der Waals surface area contributed by atoms with Crippen LogP contribution >= 0.6 is 0 Å². The summed E-state index contributed by atoms with van der Waals surface area (Å²) in [4.78, 5) is 30.9. The average molecular weight is 651 g/mol. The second-order valence-corrected chi connectivity index (χ2v) is 12.8. The average Bonchev–Trinajstić information content (AvgIpc) is 3.63. The van der Waals surface area contributed by atoms with Crippen LogP contribution in [0.4, 0.5) is 5.69 Å². The molecule has 250 valence electrons. The number of hydrogen-bond donors (Lipinski definition) is 6. The van der Waals surface area contributed by atoms with Crippen molar-refractivity contribution in [3.63, 3.8) is 0 Å². The van der Waals surface area contributed by atoms with Crippen molar-refractivity contribution in [1.82, 2.24) is 0 Å². The number of anilines is 1. The lowest BCUT2D eigenvalue weighted by Crippen LogP contribution is -2.57. The quantitative estimate of drug-likeness (QED) is 0.130. The van der Waals surface area contributed by atoms with Crippen LogP contribution in [0.25, 0.3) is 11.0 Å². The molecule has 0 spiro atoms. The minimum absolute atomic E-state index is 0.00774. The predicted octanol–water partition coefficient (Wildman–Crippen LogP) is 1.56. The van der Waals surface area contributed by atoms with E-state index < -0.39 is 48.8 Å². The number of nitrogens with zero attached hydrogens (tertiary/aromatic N) is 2. The van der Waals surface area contributed by atoms with Gasteiger partial charge in [0.05, 0.1) is 24.2 Å². The van der Waals surface area contributed by atoms with Crippen LogP contribution in [-0.4, -0.2) is 92.2 Å². The van der Waals surface area contributed by atoms with Gasteiger partial charge in [-0.25, -0.2) is 9.78 Å². The van der Waals surface area contributed by atoms with Crippen molar-refractivity contribution >= 4 is 22.9 Å². The van der Waals surface area contributed by atoms with Gasteiger partial charge in [-0.2, -0.15) is 0 Å². The van der Waals surface area contributed by atoms with Gasteiger partial charge >= 0.3 is 0 Å². The third-order valence-electron chi connectivity index (χ3n) is 8.81. The van der Waals surface area contributed by atoms with E-state index >= 15 is 0 Å². The van der Waals surface area contributed by atoms with Crippen LogP contribution in [0.3, 0.4) is 0 Å². The number of aliphatic imine (C=N–C) groups is 1. The van der Waals surface area contributed by atoms with Gasteiger partial charge in [0.2, 0.25) is 0 Å². The molecule has 0 amide bonds. The molecule has 3 aliphatic heterocycles. The number of ether oxygens (including phenoxy) is 1. The first kappa shape index (κ1) is 32.8. The zero-order valence-corrected chi connectivity index (χ0v) is 26.2. The molecular weight excluding hydrogens is 612 g/mol. The number of phenols is 1. The van der Waals surface area contributed by atoms with Crippen LogP contribution in [0, 0.1) is 6.92 Å². The molecule has 13 heteroatoms. The minimum Gasteiger partial charge on any atom is -0.508 e. The van der Waals surface area contributed by atoms with Crippen LogP contribution in [0.2, 0.25) is 0 Å². The zero-order chi connectivity index (χ0) is 33.7. The highest BCUT2D eigenvalue weighted by Crippen LogP contribution is 2.47. The third-order valence-corrected chi connectivity index (χ3v) is 8.81. The number of aromatic hydroxyl groups is 1. The lowest BCUT2D eigenvalue weighted by atomic mass is 9.85. The van der Waals surface area contributed by atoms with Crippen LogP contribution in [0.5, 0.6) is 11.5 Å². The van der Waals surface area contributed by atoms with E-state index in [1.165, 1.54) is 30.3 Å². The largest absolute Gasteiger partial charge is 0.508 e. The standard InChI is InChI=1S/C34H38N2O11/c1-18-10-25(39)23-11-21-12-27(33(2,3)46-30(21)28(31(23)45-18)36-14-20-8-9-35-24(20)15-36)47-44-17-34(43,32(42)29(41)26(40)16-37)13-19-4-6-22(38)7-5-19/h4-11,15,26-27,29,32,37-38,40-43H,12-14,16-17H2,1-3H3. The number of rotatable bonds is 11. The molecular formula is C34H38N2O11. The fourth-order valence-corrected chi connectivity index (χ4v) is 6.09. The second-order valence-electron chi connectivity index (χ2n) is 12.8. The first-order valence-corrected chi connectivity index (χ1v) is 15.2. The number of aliphatic hydroxyl groups is 5. The highest BCUT2D eigenvalue weighted by molar-refractivity contribution is 5.96. The third kappa shape index (κ3) is 6.31. The van der Waals surface area contributed by atoms with Crippen LogP contribution in [-0.2, 0) is 22.6 Å². The fraction of sp³-hybridized carbons (Fsp3) is 0.412. The SMILES string of the molecule is Cc1cc(=O)c2cc3c(c(N4C=C5N=CC=C5C4)c2o1)OC(C)(C)C(OOCC(O)(Cc1ccc(O)cc1)C(O)C(O)C(O)CO)C3. The minimum atomic E-state index is -2.21. The van der Waals surface area contributed by atoms with Gasteiger partial charge in [0.25, 0.3) is 0 Å². The Balaban J connectivity index is 1.28. The Morgan fingerprint density at radius 1 is 1.17 bits per heavy atom. The summed E-state index contributed by atoms with van der Waals surface area (Å²) in [5.41, 5.74) is 0.513. The van der Waals surface area contributed by atoms with Gasteiger partial charge in [-0.05, 0) is 50.6 Å². The van der Waals surface area contributed by atoms with Crippen LogP contribution in [0.1, 0.15) is 30.7 Å². The molecule has 6 rings (SSSR count). The van der Waals surface area contributed by atoms with Gasteiger partial charge in [-0.1, -0.05) is 12.1 Å². The summed E-state index contributed by atoms with van der Waals surface area (Å²) in [5.74, 6) is 0.959. The number of benzene rings is 2. The van der Waals surface area contributed by atoms with E-state index in [-0.39, 0.29) is 24.0 Å². The second kappa shape index (κ2) is 12.5. The number of phenolic OH excluding ortho intramolecular Hbond substituents is 1. The predicted molar refractivity (Wildman–Crippen MR) is 170 cm³/mol. The lowest BCUT2D eigenvalue weighted by molar-refractivity contribution is -0.369. The van der Waals surface area contributed by atoms with Gasteiger partial charge in [0.1, 0.15) is 59.4 Å². The van der Waals surface area contributed by atoms with E-state index in [0.29, 0.717) is 45.8 Å². The molecule has 4 heterocycles. The van der Waals surface area contributed by atoms with Crippen molar-refractivity contribution in [1.29, 1.82) is 0 Å². The molecule has 0 fully saturated rings. The van der Waals surface area contributed by atoms with Crippen molar-refractivity contribution in [3.8, 4) is 11.5 Å². The van der Waals surface area contributed by atoms with Crippen molar-refractivity contribution < 1.29 is 49.6 Å². The highest BCUT2D eigenvalue weighted by Gasteiger charge is 2.46. The molecule has 0 radical (unpaired) electrons. The summed E-state index contributed by atoms with van der Waals surface area (Å²) in [7, 11) is 0. The lowest BCUT2D eigenvalue weighted by Gasteiger charge is -2.41. The van der Waals surface area contributed by atoms with E-state index in [9.17, 15) is 35.4 Å². The molecule has 1 aromatic heterocycles. The van der Waals surface area contributed by atoms with E-state index in [2.05, 4.69) is 4.99 Å². The Kier molecular flexibility index (Phi) is 8.74. The summed E-state index contributed by atoms with van der Waals surface area (Å²) in [5, 5.41) is 62.2. The number of fused-ring (bicyclic) bond motifs is 3. The Labute approximate surface area is 269 Å². The Morgan fingerprint density at radius 2 is 1.91 bits per heavy atom. The number of allylic oxidation sites excluding steroid dienone is 1. The Morgan fingerprint density at radius 3 is 2.62 bits per heavy atom. The monoisotopic (exact) mass is 650 g/mol. The van der Waals surface area contributed by atoms with Crippen molar-refractivity contribution in [3.05, 3.63) is 87.1 Å². The molecule has 0 saturated carbocycles. The van der Waals surface area contributed by atoms with Crippen molar-refractivity contribution in [2.24, 2.45) is 4.99 Å². The molecule has 3 aromatic rings. The van der Waals surface area contributed by atoms with Gasteiger partial charge in [-0.15, -0.1) is 0 Å². The van der Waals surface area contributed by atoms with Gasteiger partial charge in [0, 0.05) is 42.5 Å². The van der Waals surface area contributed by atoms with E-state index in [0.717, 1.165) is 11.3 Å². The maximum Gasteiger partial charge on any atom is 0.193 e. The Hall–Kier alpha value is -4.08. The summed E-state index contributed by atoms with van der Waals surface area (Å²) < 4.78 is 12.7. The molecule has 0 aliphatic carbocycles. The smallest absolute Gasteiger partial charge is 0.193 e. The molecule has 0 bridgehead atoms. The molecule has 2 aromatic carbocycles. The first-order valence-electron chi connectivity index (χ1n) is 15.2. The maximum atomic E-state index is 13.2. The molecule has 0 saturated heterocycles. The van der Waals surface area contributed by atoms with Gasteiger partial charge in [-0.3, -0.25) is 9.79 Å². The molecule has 3 aliphatic rings. The highest BCUT2D eigenvalue weighted by atomic mass is 17.2. The Bertz CT molecular complexity index is 1810. The first-order chi connectivity index (χ1) is 22.3. The molecule has 47 heavy (non-hydrogen) atoms. The van der Waals surface area contributed by atoms with Crippen molar-refractivity contribution in [2.75, 3.05) is 24.7 Å². The summed E-state index contributed by atoms with van der Waals surface area (Å²) >= 11 is 0. The topological polar surface area (TPSA) is 195 Å². The van der Waals surface area contributed by atoms with Crippen molar-refractivity contribution in [2.45, 2.75) is 69.2 Å². The molecule has 5 unspecified atom stereocenters. The fourth-order valence-electron chi connectivity index (χ4n) is 6.09. The molecule has 6 N–H and O–H groups in total. The summed E-state index contributed by atoms with van der Waals surface area (Å²) in [6.07, 6.45) is -0.881. The normalized spacial score (nSPS) is 21.4. The molecule has 13 nitrogen and oxygen atoms in total. The van der Waals surface area contributed by atoms with Crippen LogP contribution < -0.4 is 15.1 Å². The van der Waals surface area contributed by atoms with Gasteiger partial charge in [0.15, 0.2) is 16.8 Å². The van der Waals surface area contributed by atoms with E-state index in [1.54, 1.807) is 33.1 Å². The number of aliphatic hydroxyl groups excluding tert-OH is 4. The van der Waals surface area contributed by atoms with E-state index in [4.69, 9.17) is 18.9 Å². The maximum absolute atomic E-state index is 13.2. The number of aryl methyl sites for hydroxylation is 1. The summed E-state index contributed by atoms with van der Waals surface area (Å²) in [6, 6.07) is 8.97. The zero-order valence-electron chi connectivity index (χ0n) is 26.2. The van der Waals surface area contributed by atoms with E-state index in [1.807, 2.05) is 17.2 Å².